The van der Waals surface area contributed by atoms with Crippen LogP contribution in [0.4, 0.5) is 18.9 Å². The molecule has 5 nitrogen and oxygen atoms in total. The lowest BCUT2D eigenvalue weighted by Crippen LogP contribution is -2.18. The minimum Gasteiger partial charge on any atom is -0.322 e. The third-order valence-corrected chi connectivity index (χ3v) is 1.65. The topological polar surface area (TPSA) is 76.0 Å². The van der Waals surface area contributed by atoms with Crippen molar-refractivity contribution in [1.29, 1.82) is 0 Å². The lowest BCUT2D eigenvalue weighted by atomic mass is 10.2. The van der Waals surface area contributed by atoms with Crippen LogP contribution in [0.5, 0.6) is 0 Å². The molecule has 0 spiro atoms. The molecule has 0 aromatic carbocycles. The molecule has 0 radical (unpaired) electrons. The molecular formula is C7H5F3N2O3. The van der Waals surface area contributed by atoms with E-state index in [9.17, 15) is 28.1 Å². The van der Waals surface area contributed by atoms with Crippen LogP contribution >= 0.6 is 0 Å². The second kappa shape index (κ2) is 4.11. The predicted molar refractivity (Wildman–Crippen MR) is 43.6 cm³/mol. The van der Waals surface area contributed by atoms with Crippen molar-refractivity contribution in [3.05, 3.63) is 38.3 Å². The minimum atomic E-state index is -3.40. The maximum Gasteiger partial charge on any atom is 0.285 e. The van der Waals surface area contributed by atoms with Crippen molar-refractivity contribution in [2.45, 2.75) is 12.6 Å². The molecule has 0 aliphatic rings. The highest BCUT2D eigenvalue weighted by Crippen LogP contribution is 2.23. The fraction of sp³-hybridized carbons (Fsp3) is 0.286. The van der Waals surface area contributed by atoms with E-state index in [1.165, 1.54) is 0 Å². The van der Waals surface area contributed by atoms with Crippen molar-refractivity contribution in [3.8, 4) is 0 Å². The summed E-state index contributed by atoms with van der Waals surface area (Å²) in [6.45, 7) is 0. The summed E-state index contributed by atoms with van der Waals surface area (Å²) in [5.74, 6) is 0. The first-order valence-corrected chi connectivity index (χ1v) is 3.72. The van der Waals surface area contributed by atoms with E-state index >= 15 is 0 Å². The molecule has 1 atom stereocenters. The SMILES string of the molecule is O=c1[nH]cc([N+](=O)[O-])cc1C(F)C(F)F. The van der Waals surface area contributed by atoms with Gasteiger partial charge < -0.3 is 4.98 Å². The Balaban J connectivity index is 3.22. The average molecular weight is 222 g/mol. The molecule has 0 aliphatic heterocycles. The molecule has 0 fully saturated rings. The fourth-order valence-electron chi connectivity index (χ4n) is 0.935. The second-order valence-corrected chi connectivity index (χ2v) is 2.64. The summed E-state index contributed by atoms with van der Waals surface area (Å²) in [6, 6.07) is 0.496. The maximum atomic E-state index is 12.8. The van der Waals surface area contributed by atoms with E-state index in [0.29, 0.717) is 12.3 Å². The van der Waals surface area contributed by atoms with Gasteiger partial charge in [-0.3, -0.25) is 14.9 Å². The number of nitrogens with zero attached hydrogens (tertiary/aromatic N) is 1. The molecule has 0 aliphatic carbocycles. The van der Waals surface area contributed by atoms with Gasteiger partial charge in [0.15, 0.2) is 6.17 Å². The molecule has 1 unspecified atom stereocenters. The first kappa shape index (κ1) is 11.2. The highest BCUT2D eigenvalue weighted by Gasteiger charge is 2.26. The minimum absolute atomic E-state index is 0.496. The molecule has 0 saturated heterocycles. The molecule has 1 N–H and O–H groups in total. The van der Waals surface area contributed by atoms with Crippen LogP contribution in [0.15, 0.2) is 17.1 Å². The van der Waals surface area contributed by atoms with E-state index in [1.54, 1.807) is 0 Å². The number of nitrogens with one attached hydrogen (secondary N) is 1. The van der Waals surface area contributed by atoms with Crippen molar-refractivity contribution >= 4 is 5.69 Å². The maximum absolute atomic E-state index is 12.8. The smallest absolute Gasteiger partial charge is 0.285 e. The van der Waals surface area contributed by atoms with Gasteiger partial charge in [-0.25, -0.2) is 13.2 Å². The van der Waals surface area contributed by atoms with Gasteiger partial charge in [0.05, 0.1) is 16.7 Å². The van der Waals surface area contributed by atoms with Crippen LogP contribution in [0.2, 0.25) is 0 Å². The van der Waals surface area contributed by atoms with Crippen molar-refractivity contribution < 1.29 is 18.1 Å². The molecule has 8 heteroatoms. The number of aromatic amines is 1. The van der Waals surface area contributed by atoms with Crippen LogP contribution < -0.4 is 5.56 Å². The van der Waals surface area contributed by atoms with Crippen LogP contribution in [0.3, 0.4) is 0 Å². The first-order valence-electron chi connectivity index (χ1n) is 3.72. The molecular weight excluding hydrogens is 217 g/mol. The molecule has 1 rings (SSSR count). The van der Waals surface area contributed by atoms with Gasteiger partial charge in [-0.15, -0.1) is 0 Å². The summed E-state index contributed by atoms with van der Waals surface area (Å²) >= 11 is 0. The van der Waals surface area contributed by atoms with Gasteiger partial charge in [0.25, 0.3) is 17.7 Å². The highest BCUT2D eigenvalue weighted by molar-refractivity contribution is 5.31. The van der Waals surface area contributed by atoms with E-state index in [2.05, 4.69) is 0 Å². The Kier molecular flexibility index (Phi) is 3.08. The summed E-state index contributed by atoms with van der Waals surface area (Å²) in [5, 5.41) is 10.2. The molecule has 1 aromatic heterocycles. The summed E-state index contributed by atoms with van der Waals surface area (Å²) in [6.07, 6.45) is -5.51. The lowest BCUT2D eigenvalue weighted by Gasteiger charge is -2.04. The lowest BCUT2D eigenvalue weighted by molar-refractivity contribution is -0.385. The molecule has 15 heavy (non-hydrogen) atoms. The quantitative estimate of drug-likeness (QED) is 0.622. The Morgan fingerprint density at radius 2 is 2.00 bits per heavy atom. The zero-order valence-electron chi connectivity index (χ0n) is 7.12. The number of hydrogen-bond acceptors (Lipinski definition) is 3. The normalized spacial score (nSPS) is 12.8. The number of nitro groups is 1. The Labute approximate surface area is 80.7 Å². The monoisotopic (exact) mass is 222 g/mol. The Morgan fingerprint density at radius 3 is 2.47 bits per heavy atom. The number of halogens is 3. The van der Waals surface area contributed by atoms with Gasteiger partial charge >= 0.3 is 0 Å². The van der Waals surface area contributed by atoms with Gasteiger partial charge in [0.2, 0.25) is 0 Å². The molecule has 0 saturated carbocycles. The molecule has 0 amide bonds. The third kappa shape index (κ3) is 2.33. The fourth-order valence-corrected chi connectivity index (χ4v) is 0.935. The number of hydrogen-bond donors (Lipinski definition) is 1. The number of alkyl halides is 3. The standard InChI is InChI=1S/C7H5F3N2O3/c8-5(6(9)10)4-1-3(12(14)15)2-11-7(4)13/h1-2,5-6H,(H,11,13). The largest absolute Gasteiger partial charge is 0.322 e. The van der Waals surface area contributed by atoms with Crippen molar-refractivity contribution in [3.63, 3.8) is 0 Å². The van der Waals surface area contributed by atoms with Gasteiger partial charge in [-0.1, -0.05) is 0 Å². The third-order valence-electron chi connectivity index (χ3n) is 1.65. The molecule has 82 valence electrons. The molecule has 0 bridgehead atoms. The highest BCUT2D eigenvalue weighted by atomic mass is 19.3. The van der Waals surface area contributed by atoms with Crippen molar-refractivity contribution in [2.75, 3.05) is 0 Å². The van der Waals surface area contributed by atoms with Crippen molar-refractivity contribution in [1.82, 2.24) is 4.98 Å². The summed E-state index contributed by atoms with van der Waals surface area (Å²) < 4.78 is 36.6. The Morgan fingerprint density at radius 1 is 1.40 bits per heavy atom. The summed E-state index contributed by atoms with van der Waals surface area (Å²) in [5.41, 5.74) is -2.69. The van der Waals surface area contributed by atoms with E-state index < -0.39 is 34.3 Å². The zero-order chi connectivity index (χ0) is 11.6. The van der Waals surface area contributed by atoms with E-state index in [4.69, 9.17) is 0 Å². The summed E-state index contributed by atoms with van der Waals surface area (Å²) in [4.78, 5) is 22.0. The van der Waals surface area contributed by atoms with Gasteiger partial charge in [-0.2, -0.15) is 0 Å². The van der Waals surface area contributed by atoms with Crippen LogP contribution in [0, 0.1) is 10.1 Å². The summed E-state index contributed by atoms with van der Waals surface area (Å²) in [7, 11) is 0. The average Bonchev–Trinajstić information content (AvgIpc) is 2.16. The molecule has 1 heterocycles. The van der Waals surface area contributed by atoms with E-state index in [-0.39, 0.29) is 0 Å². The van der Waals surface area contributed by atoms with E-state index in [0.717, 1.165) is 0 Å². The number of aromatic nitrogens is 1. The second-order valence-electron chi connectivity index (χ2n) is 2.64. The Hall–Kier alpha value is -1.86. The first-order chi connectivity index (χ1) is 6.93. The van der Waals surface area contributed by atoms with Crippen LogP contribution in [-0.4, -0.2) is 16.3 Å². The number of pyridine rings is 1. The van der Waals surface area contributed by atoms with Gasteiger partial charge in [0, 0.05) is 6.07 Å². The van der Waals surface area contributed by atoms with Crippen molar-refractivity contribution in [2.24, 2.45) is 0 Å². The van der Waals surface area contributed by atoms with Crippen LogP contribution in [0.25, 0.3) is 0 Å². The van der Waals surface area contributed by atoms with Gasteiger partial charge in [-0.05, 0) is 0 Å². The number of rotatable bonds is 3. The zero-order valence-corrected chi connectivity index (χ0v) is 7.12. The molecule has 1 aromatic rings. The predicted octanol–water partition coefficient (Wildman–Crippen LogP) is 1.56. The van der Waals surface area contributed by atoms with Gasteiger partial charge in [0.1, 0.15) is 0 Å². The Bertz CT molecular complexity index is 432. The number of H-pyrrole nitrogens is 1. The van der Waals surface area contributed by atoms with Crippen LogP contribution in [-0.2, 0) is 0 Å². The van der Waals surface area contributed by atoms with E-state index in [1.807, 2.05) is 4.98 Å². The van der Waals surface area contributed by atoms with Crippen LogP contribution in [0.1, 0.15) is 11.7 Å².